The van der Waals surface area contributed by atoms with Crippen LogP contribution in [0, 0.1) is 0 Å². The molecule has 1 aliphatic rings. The first kappa shape index (κ1) is 16.5. The van der Waals surface area contributed by atoms with Crippen LogP contribution in [0.3, 0.4) is 0 Å². The Morgan fingerprint density at radius 1 is 0.692 bits per heavy atom. The number of allylic oxidation sites excluding steroid dienone is 1. The molecule has 0 atom stereocenters. The summed E-state index contributed by atoms with van der Waals surface area (Å²) in [5, 5.41) is 0. The minimum absolute atomic E-state index is 0.539. The summed E-state index contributed by atoms with van der Waals surface area (Å²) < 4.78 is 12.4. The van der Waals surface area contributed by atoms with Crippen LogP contribution < -0.4 is 9.47 Å². The Morgan fingerprint density at radius 2 is 1.35 bits per heavy atom. The van der Waals surface area contributed by atoms with Crippen molar-refractivity contribution in [2.24, 2.45) is 0 Å². The van der Waals surface area contributed by atoms with Gasteiger partial charge in [-0.05, 0) is 35.6 Å². The largest absolute Gasteiger partial charge is 0.485 e. The zero-order valence-corrected chi connectivity index (χ0v) is 14.7. The topological polar surface area (TPSA) is 18.5 Å². The molecular weight excluding hydrogens is 320 g/mol. The van der Waals surface area contributed by atoms with E-state index < -0.39 is 0 Å². The van der Waals surface area contributed by atoms with E-state index in [1.54, 1.807) is 0 Å². The fraction of sp³-hybridized carbons (Fsp3) is 0.167. The first-order valence-corrected chi connectivity index (χ1v) is 9.06. The predicted octanol–water partition coefficient (Wildman–Crippen LogP) is 5.80. The third-order valence-corrected chi connectivity index (χ3v) is 4.58. The molecule has 26 heavy (non-hydrogen) atoms. The fourth-order valence-corrected chi connectivity index (χ4v) is 3.21. The smallest absolute Gasteiger partial charge is 0.165 e. The molecule has 4 rings (SSSR count). The van der Waals surface area contributed by atoms with Gasteiger partial charge in [0, 0.05) is 5.56 Å². The van der Waals surface area contributed by atoms with Crippen molar-refractivity contribution in [3.05, 3.63) is 101 Å². The summed E-state index contributed by atoms with van der Waals surface area (Å²) in [6, 6.07) is 24.6. The zero-order valence-electron chi connectivity index (χ0n) is 14.7. The molecule has 0 heterocycles. The van der Waals surface area contributed by atoms with Crippen LogP contribution in [-0.2, 0) is 19.6 Å². The Hall–Kier alpha value is -3.00. The molecule has 3 aromatic rings. The summed E-state index contributed by atoms with van der Waals surface area (Å²) in [6.07, 6.45) is 6.42. The third kappa shape index (κ3) is 3.80. The highest BCUT2D eigenvalue weighted by atomic mass is 16.5. The molecule has 0 N–H and O–H groups in total. The number of benzene rings is 3. The summed E-state index contributed by atoms with van der Waals surface area (Å²) >= 11 is 0. The van der Waals surface area contributed by atoms with Gasteiger partial charge in [-0.2, -0.15) is 0 Å². The van der Waals surface area contributed by atoms with Crippen LogP contribution in [0.2, 0.25) is 0 Å². The number of hydrogen-bond acceptors (Lipinski definition) is 2. The molecule has 0 fully saturated rings. The molecule has 0 saturated carbocycles. The molecule has 3 aromatic carbocycles. The van der Waals surface area contributed by atoms with Gasteiger partial charge in [0.25, 0.3) is 0 Å². The molecule has 0 aromatic heterocycles. The molecule has 2 heteroatoms. The highest BCUT2D eigenvalue weighted by molar-refractivity contribution is 5.64. The van der Waals surface area contributed by atoms with Gasteiger partial charge in [-0.15, -0.1) is 0 Å². The second kappa shape index (κ2) is 7.92. The molecule has 0 radical (unpaired) electrons. The molecule has 0 spiro atoms. The van der Waals surface area contributed by atoms with Crippen LogP contribution in [-0.4, -0.2) is 0 Å². The van der Waals surface area contributed by atoms with Crippen molar-refractivity contribution in [2.75, 3.05) is 0 Å². The predicted molar refractivity (Wildman–Crippen MR) is 105 cm³/mol. The Labute approximate surface area is 154 Å². The van der Waals surface area contributed by atoms with Gasteiger partial charge in [-0.1, -0.05) is 78.9 Å². The van der Waals surface area contributed by atoms with Crippen molar-refractivity contribution in [3.63, 3.8) is 0 Å². The number of ether oxygens (including phenoxy) is 2. The number of fused-ring (bicyclic) bond motifs is 1. The highest BCUT2D eigenvalue weighted by Gasteiger charge is 2.17. The molecule has 0 saturated heterocycles. The molecule has 0 bridgehead atoms. The van der Waals surface area contributed by atoms with Gasteiger partial charge >= 0.3 is 0 Å². The van der Waals surface area contributed by atoms with Gasteiger partial charge in [0.2, 0.25) is 0 Å². The first-order valence-electron chi connectivity index (χ1n) is 9.06. The van der Waals surface area contributed by atoms with E-state index in [0.717, 1.165) is 35.5 Å². The van der Waals surface area contributed by atoms with Gasteiger partial charge in [0.1, 0.15) is 13.2 Å². The highest BCUT2D eigenvalue weighted by Crippen LogP contribution is 2.38. The summed E-state index contributed by atoms with van der Waals surface area (Å²) in [6.45, 7) is 1.08. The minimum Gasteiger partial charge on any atom is -0.485 e. The van der Waals surface area contributed by atoms with Crippen LogP contribution >= 0.6 is 0 Å². The van der Waals surface area contributed by atoms with Crippen molar-refractivity contribution in [1.82, 2.24) is 0 Å². The van der Waals surface area contributed by atoms with Crippen molar-refractivity contribution in [3.8, 4) is 11.5 Å². The van der Waals surface area contributed by atoms with Crippen molar-refractivity contribution in [1.29, 1.82) is 0 Å². The maximum atomic E-state index is 6.25. The van der Waals surface area contributed by atoms with Crippen LogP contribution in [0.25, 0.3) is 6.08 Å². The van der Waals surface area contributed by atoms with E-state index in [0.29, 0.717) is 13.2 Å². The van der Waals surface area contributed by atoms with Crippen LogP contribution in [0.5, 0.6) is 11.5 Å². The maximum absolute atomic E-state index is 6.25. The van der Waals surface area contributed by atoms with E-state index in [1.165, 1.54) is 11.1 Å². The van der Waals surface area contributed by atoms with E-state index in [1.807, 2.05) is 42.5 Å². The van der Waals surface area contributed by atoms with Crippen molar-refractivity contribution in [2.45, 2.75) is 26.1 Å². The average molecular weight is 342 g/mol. The quantitative estimate of drug-likeness (QED) is 0.563. The van der Waals surface area contributed by atoms with E-state index in [9.17, 15) is 0 Å². The second-order valence-electron chi connectivity index (χ2n) is 6.45. The second-order valence-corrected chi connectivity index (χ2v) is 6.45. The van der Waals surface area contributed by atoms with Gasteiger partial charge < -0.3 is 9.47 Å². The van der Waals surface area contributed by atoms with Gasteiger partial charge in [-0.3, -0.25) is 0 Å². The van der Waals surface area contributed by atoms with E-state index in [-0.39, 0.29) is 0 Å². The first-order chi connectivity index (χ1) is 12.9. The Balaban J connectivity index is 1.59. The van der Waals surface area contributed by atoms with Crippen molar-refractivity contribution >= 4 is 6.08 Å². The summed E-state index contributed by atoms with van der Waals surface area (Å²) in [5.74, 6) is 1.70. The lowest BCUT2D eigenvalue weighted by molar-refractivity contribution is 0.253. The SMILES string of the molecule is C1=Cc2ccc(OCc3ccccc3)c(OCc3ccccc3)c2CC1. The van der Waals surface area contributed by atoms with E-state index >= 15 is 0 Å². The lowest BCUT2D eigenvalue weighted by Crippen LogP contribution is -2.06. The zero-order chi connectivity index (χ0) is 17.6. The summed E-state index contributed by atoms with van der Waals surface area (Å²) in [4.78, 5) is 0. The van der Waals surface area contributed by atoms with Crippen LogP contribution in [0.4, 0.5) is 0 Å². The molecule has 0 unspecified atom stereocenters. The molecule has 130 valence electrons. The van der Waals surface area contributed by atoms with Gasteiger partial charge in [0.15, 0.2) is 11.5 Å². The normalized spacial score (nSPS) is 12.5. The van der Waals surface area contributed by atoms with Gasteiger partial charge in [-0.25, -0.2) is 0 Å². The molecule has 0 aliphatic heterocycles. The molecular formula is C24H22O2. The number of rotatable bonds is 6. The number of hydrogen-bond donors (Lipinski definition) is 0. The monoisotopic (exact) mass is 342 g/mol. The third-order valence-electron chi connectivity index (χ3n) is 4.58. The van der Waals surface area contributed by atoms with Crippen LogP contribution in [0.1, 0.15) is 28.7 Å². The van der Waals surface area contributed by atoms with E-state index in [4.69, 9.17) is 9.47 Å². The lowest BCUT2D eigenvalue weighted by atomic mass is 9.96. The lowest BCUT2D eigenvalue weighted by Gasteiger charge is -2.20. The average Bonchev–Trinajstić information content (AvgIpc) is 2.72. The molecule has 1 aliphatic carbocycles. The van der Waals surface area contributed by atoms with E-state index in [2.05, 4.69) is 42.5 Å². The standard InChI is InChI=1S/C24H22O2/c1-3-9-19(10-4-1)17-25-23-16-15-21-13-7-8-14-22(21)24(23)26-18-20-11-5-2-6-12-20/h1-7,9-13,15-16H,8,14,17-18H2. The summed E-state index contributed by atoms with van der Waals surface area (Å²) in [7, 11) is 0. The Bertz CT molecular complexity index is 883. The maximum Gasteiger partial charge on any atom is 0.165 e. The van der Waals surface area contributed by atoms with Crippen molar-refractivity contribution < 1.29 is 9.47 Å². The fourth-order valence-electron chi connectivity index (χ4n) is 3.21. The molecule has 2 nitrogen and oxygen atoms in total. The minimum atomic E-state index is 0.539. The molecule has 0 amide bonds. The van der Waals surface area contributed by atoms with Gasteiger partial charge in [0.05, 0.1) is 0 Å². The summed E-state index contributed by atoms with van der Waals surface area (Å²) in [5.41, 5.74) is 4.78. The Kier molecular flexibility index (Phi) is 5.02. The Morgan fingerprint density at radius 3 is 2.04 bits per heavy atom. The van der Waals surface area contributed by atoms with Crippen LogP contribution in [0.15, 0.2) is 78.9 Å².